The number of carbonyl (C=O) groups is 1. The largest absolute Gasteiger partial charge is 0.481 e. The van der Waals surface area contributed by atoms with Crippen LogP contribution < -0.4 is 10.1 Å². The van der Waals surface area contributed by atoms with Crippen molar-refractivity contribution >= 4 is 28.4 Å². The molecule has 4 heteroatoms. The molecular formula is C22H29NO2S. The van der Waals surface area contributed by atoms with Gasteiger partial charge >= 0.3 is 0 Å². The highest BCUT2D eigenvalue weighted by molar-refractivity contribution is 7.99. The normalized spacial score (nSPS) is 16.3. The Morgan fingerprint density at radius 2 is 1.92 bits per heavy atom. The molecule has 2 aromatic rings. The van der Waals surface area contributed by atoms with Crippen molar-refractivity contribution in [2.75, 3.05) is 12.3 Å². The molecule has 1 N–H and O–H groups in total. The molecule has 0 spiro atoms. The summed E-state index contributed by atoms with van der Waals surface area (Å²) >= 11 is 2.01. The lowest BCUT2D eigenvalue weighted by Gasteiger charge is -2.21. The maximum Gasteiger partial charge on any atom is 0.261 e. The Morgan fingerprint density at radius 1 is 1.15 bits per heavy atom. The standard InChI is InChI=1S/C22H29NO2S/c1-2-21(22(24)23-14-15-26-20-10-4-3-5-11-20)25-19-13-12-17-8-6-7-9-18(17)16-19/h6-9,12-13,16,20-21H,2-5,10-11,14-15H2,1H3,(H,23,24)/t21-/m1/s1. The number of hydrogen-bond donors (Lipinski definition) is 1. The zero-order valence-corrected chi connectivity index (χ0v) is 16.4. The first-order valence-corrected chi connectivity index (χ1v) is 10.9. The lowest BCUT2D eigenvalue weighted by molar-refractivity contribution is -0.127. The Bertz CT molecular complexity index is 712. The minimum atomic E-state index is -0.434. The first-order chi connectivity index (χ1) is 12.8. The maximum atomic E-state index is 12.4. The summed E-state index contributed by atoms with van der Waals surface area (Å²) < 4.78 is 5.96. The van der Waals surface area contributed by atoms with Gasteiger partial charge in [0.25, 0.3) is 5.91 Å². The molecule has 1 aliphatic rings. The lowest BCUT2D eigenvalue weighted by atomic mass is 10.0. The fraction of sp³-hybridized carbons (Fsp3) is 0.500. The van der Waals surface area contributed by atoms with Crippen LogP contribution in [0, 0.1) is 0 Å². The lowest BCUT2D eigenvalue weighted by Crippen LogP contribution is -2.39. The molecule has 3 nitrogen and oxygen atoms in total. The molecule has 0 heterocycles. The van der Waals surface area contributed by atoms with E-state index in [0.29, 0.717) is 6.42 Å². The molecule has 1 saturated carbocycles. The molecule has 1 fully saturated rings. The highest BCUT2D eigenvalue weighted by Gasteiger charge is 2.18. The summed E-state index contributed by atoms with van der Waals surface area (Å²) in [6.07, 6.45) is 7.01. The van der Waals surface area contributed by atoms with Crippen molar-refractivity contribution in [3.63, 3.8) is 0 Å². The predicted octanol–water partition coefficient (Wildman–Crippen LogP) is 5.18. The van der Waals surface area contributed by atoms with E-state index in [2.05, 4.69) is 17.4 Å². The van der Waals surface area contributed by atoms with Gasteiger partial charge in [-0.3, -0.25) is 4.79 Å². The van der Waals surface area contributed by atoms with Crippen molar-refractivity contribution in [1.82, 2.24) is 5.32 Å². The second-order valence-electron chi connectivity index (χ2n) is 6.95. The Labute approximate surface area is 160 Å². The predicted molar refractivity (Wildman–Crippen MR) is 111 cm³/mol. The zero-order chi connectivity index (χ0) is 18.2. The van der Waals surface area contributed by atoms with Crippen LogP contribution in [0.2, 0.25) is 0 Å². The van der Waals surface area contributed by atoms with Gasteiger partial charge < -0.3 is 10.1 Å². The third-order valence-corrected chi connectivity index (χ3v) is 6.35. The van der Waals surface area contributed by atoms with Crippen molar-refractivity contribution < 1.29 is 9.53 Å². The van der Waals surface area contributed by atoms with E-state index in [4.69, 9.17) is 4.74 Å². The smallest absolute Gasteiger partial charge is 0.261 e. The molecule has 140 valence electrons. The van der Waals surface area contributed by atoms with Gasteiger partial charge in [0.05, 0.1) is 0 Å². The quantitative estimate of drug-likeness (QED) is 0.650. The molecule has 2 aromatic carbocycles. The molecule has 3 rings (SSSR count). The maximum absolute atomic E-state index is 12.4. The number of fused-ring (bicyclic) bond motifs is 1. The fourth-order valence-electron chi connectivity index (χ4n) is 3.47. The third kappa shape index (κ3) is 5.41. The second kappa shape index (κ2) is 9.86. The van der Waals surface area contributed by atoms with Gasteiger partial charge in [0.2, 0.25) is 0 Å². The van der Waals surface area contributed by atoms with E-state index in [0.717, 1.165) is 28.7 Å². The average Bonchev–Trinajstić information content (AvgIpc) is 2.70. The van der Waals surface area contributed by atoms with Gasteiger partial charge in [0.15, 0.2) is 6.10 Å². The van der Waals surface area contributed by atoms with Crippen LogP contribution in [-0.4, -0.2) is 29.6 Å². The van der Waals surface area contributed by atoms with Crippen LogP contribution in [0.5, 0.6) is 5.75 Å². The van der Waals surface area contributed by atoms with Crippen LogP contribution in [-0.2, 0) is 4.79 Å². The van der Waals surface area contributed by atoms with E-state index in [-0.39, 0.29) is 5.91 Å². The molecule has 0 saturated heterocycles. The molecule has 0 aromatic heterocycles. The molecule has 0 bridgehead atoms. The van der Waals surface area contributed by atoms with E-state index in [1.807, 2.05) is 49.0 Å². The third-order valence-electron chi connectivity index (χ3n) is 4.97. The molecule has 1 aliphatic carbocycles. The summed E-state index contributed by atoms with van der Waals surface area (Å²) in [7, 11) is 0. The number of benzene rings is 2. The summed E-state index contributed by atoms with van der Waals surface area (Å²) in [5.74, 6) is 1.73. The van der Waals surface area contributed by atoms with Gasteiger partial charge in [-0.25, -0.2) is 0 Å². The summed E-state index contributed by atoms with van der Waals surface area (Å²) in [6, 6.07) is 14.2. The molecule has 0 aliphatic heterocycles. The van der Waals surface area contributed by atoms with Crippen molar-refractivity contribution in [2.45, 2.75) is 56.8 Å². The van der Waals surface area contributed by atoms with E-state index < -0.39 is 6.10 Å². The van der Waals surface area contributed by atoms with E-state index in [9.17, 15) is 4.79 Å². The van der Waals surface area contributed by atoms with E-state index in [1.165, 1.54) is 37.5 Å². The minimum absolute atomic E-state index is 0.00935. The number of thioether (sulfide) groups is 1. The van der Waals surface area contributed by atoms with Gasteiger partial charge in [0, 0.05) is 17.5 Å². The Hall–Kier alpha value is -1.68. The highest BCUT2D eigenvalue weighted by Crippen LogP contribution is 2.27. The van der Waals surface area contributed by atoms with E-state index >= 15 is 0 Å². The topological polar surface area (TPSA) is 38.3 Å². The summed E-state index contributed by atoms with van der Waals surface area (Å²) in [4.78, 5) is 12.4. The number of amides is 1. The van der Waals surface area contributed by atoms with Crippen LogP contribution in [0.1, 0.15) is 45.4 Å². The number of ether oxygens (including phenoxy) is 1. The summed E-state index contributed by atoms with van der Waals surface area (Å²) in [6.45, 7) is 2.71. The molecular weight excluding hydrogens is 342 g/mol. The Morgan fingerprint density at radius 3 is 2.69 bits per heavy atom. The Balaban J connectivity index is 1.46. The van der Waals surface area contributed by atoms with Gasteiger partial charge in [0.1, 0.15) is 5.75 Å². The number of carbonyl (C=O) groups excluding carboxylic acids is 1. The number of rotatable bonds is 8. The number of nitrogens with one attached hydrogen (secondary N) is 1. The van der Waals surface area contributed by atoms with Gasteiger partial charge in [-0.2, -0.15) is 11.8 Å². The molecule has 1 atom stereocenters. The first kappa shape index (κ1) is 19.1. The average molecular weight is 372 g/mol. The van der Waals surface area contributed by atoms with Crippen LogP contribution in [0.15, 0.2) is 42.5 Å². The minimum Gasteiger partial charge on any atom is -0.481 e. The van der Waals surface area contributed by atoms with Crippen LogP contribution in [0.25, 0.3) is 10.8 Å². The van der Waals surface area contributed by atoms with Crippen molar-refractivity contribution in [3.05, 3.63) is 42.5 Å². The molecule has 0 radical (unpaired) electrons. The molecule has 1 amide bonds. The first-order valence-electron chi connectivity index (χ1n) is 9.81. The number of hydrogen-bond acceptors (Lipinski definition) is 3. The SMILES string of the molecule is CC[C@@H](Oc1ccc2ccccc2c1)C(=O)NCCSC1CCCCC1. The fourth-order valence-corrected chi connectivity index (χ4v) is 4.69. The molecule has 26 heavy (non-hydrogen) atoms. The van der Waals surface area contributed by atoms with Gasteiger partial charge in [-0.05, 0) is 42.2 Å². The monoisotopic (exact) mass is 371 g/mol. The molecule has 0 unspecified atom stereocenters. The summed E-state index contributed by atoms with van der Waals surface area (Å²) in [5, 5.41) is 6.14. The summed E-state index contributed by atoms with van der Waals surface area (Å²) in [5.41, 5.74) is 0. The van der Waals surface area contributed by atoms with Crippen LogP contribution in [0.4, 0.5) is 0 Å². The Kier molecular flexibility index (Phi) is 7.24. The van der Waals surface area contributed by atoms with Crippen molar-refractivity contribution in [2.24, 2.45) is 0 Å². The van der Waals surface area contributed by atoms with Crippen molar-refractivity contribution in [3.8, 4) is 5.75 Å². The van der Waals surface area contributed by atoms with Gasteiger partial charge in [-0.1, -0.05) is 56.5 Å². The van der Waals surface area contributed by atoms with Gasteiger partial charge in [-0.15, -0.1) is 0 Å². The van der Waals surface area contributed by atoms with E-state index in [1.54, 1.807) is 0 Å². The second-order valence-corrected chi connectivity index (χ2v) is 8.35. The zero-order valence-electron chi connectivity index (χ0n) is 15.6. The van der Waals surface area contributed by atoms with Crippen LogP contribution >= 0.6 is 11.8 Å². The van der Waals surface area contributed by atoms with Crippen molar-refractivity contribution in [1.29, 1.82) is 0 Å². The highest BCUT2D eigenvalue weighted by atomic mass is 32.2. The van der Waals surface area contributed by atoms with Crippen LogP contribution in [0.3, 0.4) is 0 Å².